The number of fused-ring (bicyclic) bond motifs is 1. The zero-order valence-corrected chi connectivity index (χ0v) is 14.3. The van der Waals surface area contributed by atoms with Crippen LogP contribution in [0.5, 0.6) is 11.5 Å². The predicted molar refractivity (Wildman–Crippen MR) is 91.3 cm³/mol. The zero-order valence-electron chi connectivity index (χ0n) is 14.3. The lowest BCUT2D eigenvalue weighted by atomic mass is 9.99. The quantitative estimate of drug-likeness (QED) is 0.444. The van der Waals surface area contributed by atoms with E-state index in [1.165, 1.54) is 6.07 Å². The molecule has 1 fully saturated rings. The van der Waals surface area contributed by atoms with Crippen LogP contribution in [0.2, 0.25) is 0 Å². The molecular weight excluding hydrogens is 360 g/mol. The second kappa shape index (κ2) is 7.67. The average Bonchev–Trinajstić information content (AvgIpc) is 2.69. The Balaban J connectivity index is 2.03. The first kappa shape index (κ1) is 19.3. The second-order valence-corrected chi connectivity index (χ2v) is 6.12. The Hall–Kier alpha value is -2.43. The van der Waals surface area contributed by atoms with E-state index in [9.17, 15) is 30.3 Å². The van der Waals surface area contributed by atoms with Crippen LogP contribution in [0.1, 0.15) is 10.4 Å². The molecule has 5 N–H and O–H groups in total. The van der Waals surface area contributed by atoms with Gasteiger partial charge < -0.3 is 39.7 Å². The number of phenolic OH excluding ortho intramolecular Hbond substituents is 1. The van der Waals surface area contributed by atoms with Gasteiger partial charge in [0, 0.05) is 10.8 Å². The van der Waals surface area contributed by atoms with E-state index in [0.29, 0.717) is 10.8 Å². The Labute approximate surface area is 154 Å². The number of hydrogen-bond donors (Lipinski definition) is 5. The molecule has 0 saturated carbocycles. The molecule has 5 atom stereocenters. The van der Waals surface area contributed by atoms with Gasteiger partial charge in [-0.2, -0.15) is 0 Å². The summed E-state index contributed by atoms with van der Waals surface area (Å²) in [6.07, 6.45) is -7.32. The number of benzene rings is 2. The minimum absolute atomic E-state index is 0.0770. The average molecular weight is 380 g/mol. The van der Waals surface area contributed by atoms with Crippen LogP contribution < -0.4 is 4.74 Å². The van der Waals surface area contributed by atoms with Crippen molar-refractivity contribution in [1.82, 2.24) is 0 Å². The maximum Gasteiger partial charge on any atom is 0.341 e. The fourth-order valence-corrected chi connectivity index (χ4v) is 2.98. The number of ether oxygens (including phenoxy) is 3. The molecule has 9 heteroatoms. The van der Waals surface area contributed by atoms with Crippen molar-refractivity contribution < 1.29 is 44.5 Å². The normalized spacial score (nSPS) is 28.1. The molecule has 0 aliphatic carbocycles. The van der Waals surface area contributed by atoms with Gasteiger partial charge in [0.25, 0.3) is 0 Å². The zero-order chi connectivity index (χ0) is 19.7. The molecule has 1 aliphatic heterocycles. The summed E-state index contributed by atoms with van der Waals surface area (Å²) in [5.41, 5.74) is -0.157. The summed E-state index contributed by atoms with van der Waals surface area (Å²) in [6.45, 7) is -0.603. The first-order chi connectivity index (χ1) is 12.9. The molecule has 0 spiro atoms. The van der Waals surface area contributed by atoms with E-state index in [2.05, 4.69) is 4.74 Å². The van der Waals surface area contributed by atoms with Gasteiger partial charge in [-0.1, -0.05) is 24.3 Å². The van der Waals surface area contributed by atoms with Crippen LogP contribution in [-0.4, -0.2) is 75.9 Å². The standard InChI is InChI=1S/C18H20O9/c1-25-17(24)10-6-11(8-4-2-3-5-9(8)13(10)20)26-18-16(23)15(22)14(21)12(7-19)27-18/h2-6,12,14-16,18-23H,7H2,1H3. The van der Waals surface area contributed by atoms with Crippen molar-refractivity contribution in [2.24, 2.45) is 0 Å². The number of carbonyl (C=O) groups is 1. The molecule has 0 bridgehead atoms. The molecular formula is C18H20O9. The summed E-state index contributed by atoms with van der Waals surface area (Å²) >= 11 is 0. The number of aliphatic hydroxyl groups is 4. The molecule has 2 aromatic rings. The van der Waals surface area contributed by atoms with E-state index in [0.717, 1.165) is 7.11 Å². The largest absolute Gasteiger partial charge is 0.506 e. The first-order valence-electron chi connectivity index (χ1n) is 8.19. The Morgan fingerprint density at radius 3 is 2.41 bits per heavy atom. The molecule has 9 nitrogen and oxygen atoms in total. The Bertz CT molecular complexity index is 835. The van der Waals surface area contributed by atoms with Crippen molar-refractivity contribution in [3.05, 3.63) is 35.9 Å². The van der Waals surface area contributed by atoms with Crippen LogP contribution >= 0.6 is 0 Å². The minimum atomic E-state index is -1.61. The topological polar surface area (TPSA) is 146 Å². The van der Waals surface area contributed by atoms with Gasteiger partial charge in [-0.05, 0) is 6.07 Å². The molecule has 1 aliphatic rings. The lowest BCUT2D eigenvalue weighted by Crippen LogP contribution is -2.60. The van der Waals surface area contributed by atoms with E-state index in [1.807, 2.05) is 0 Å². The third-order valence-electron chi connectivity index (χ3n) is 4.48. The fraction of sp³-hybridized carbons (Fsp3) is 0.389. The number of aliphatic hydroxyl groups excluding tert-OH is 4. The van der Waals surface area contributed by atoms with Crippen LogP contribution in [0.3, 0.4) is 0 Å². The van der Waals surface area contributed by atoms with Crippen LogP contribution in [-0.2, 0) is 9.47 Å². The van der Waals surface area contributed by atoms with Gasteiger partial charge in [0.15, 0.2) is 0 Å². The Morgan fingerprint density at radius 1 is 1.11 bits per heavy atom. The third kappa shape index (κ3) is 3.43. The van der Waals surface area contributed by atoms with Crippen molar-refractivity contribution in [3.63, 3.8) is 0 Å². The van der Waals surface area contributed by atoms with Crippen molar-refractivity contribution in [2.75, 3.05) is 13.7 Å². The van der Waals surface area contributed by atoms with Crippen molar-refractivity contribution in [3.8, 4) is 11.5 Å². The number of rotatable bonds is 4. The second-order valence-electron chi connectivity index (χ2n) is 6.12. The molecule has 0 aromatic heterocycles. The molecule has 3 rings (SSSR count). The molecule has 1 saturated heterocycles. The molecule has 27 heavy (non-hydrogen) atoms. The van der Waals surface area contributed by atoms with E-state index in [4.69, 9.17) is 9.47 Å². The van der Waals surface area contributed by atoms with Gasteiger partial charge >= 0.3 is 5.97 Å². The Morgan fingerprint density at radius 2 is 1.78 bits per heavy atom. The first-order valence-corrected chi connectivity index (χ1v) is 8.19. The van der Waals surface area contributed by atoms with Gasteiger partial charge in [0.1, 0.15) is 41.5 Å². The van der Waals surface area contributed by atoms with Crippen molar-refractivity contribution in [1.29, 1.82) is 0 Å². The minimum Gasteiger partial charge on any atom is -0.506 e. The molecule has 0 radical (unpaired) electrons. The summed E-state index contributed by atoms with van der Waals surface area (Å²) in [6, 6.07) is 7.75. The van der Waals surface area contributed by atoms with E-state index in [1.54, 1.807) is 24.3 Å². The summed E-state index contributed by atoms with van der Waals surface area (Å²) in [5, 5.41) is 50.3. The highest BCUT2D eigenvalue weighted by Crippen LogP contribution is 2.37. The smallest absolute Gasteiger partial charge is 0.341 e. The number of carbonyl (C=O) groups excluding carboxylic acids is 1. The summed E-state index contributed by atoms with van der Waals surface area (Å²) in [4.78, 5) is 12.0. The SMILES string of the molecule is COC(=O)c1cc(OC2OC(CO)C(O)C(O)C2O)c2ccccc2c1O. The van der Waals surface area contributed by atoms with Crippen LogP contribution in [0.4, 0.5) is 0 Å². The van der Waals surface area contributed by atoms with E-state index >= 15 is 0 Å². The number of phenols is 1. The van der Waals surface area contributed by atoms with Crippen LogP contribution in [0, 0.1) is 0 Å². The van der Waals surface area contributed by atoms with Crippen LogP contribution in [0.15, 0.2) is 30.3 Å². The highest BCUT2D eigenvalue weighted by molar-refractivity contribution is 6.03. The number of esters is 1. The van der Waals surface area contributed by atoms with Crippen molar-refractivity contribution >= 4 is 16.7 Å². The molecule has 5 unspecified atom stereocenters. The maximum absolute atomic E-state index is 12.0. The lowest BCUT2D eigenvalue weighted by Gasteiger charge is -2.39. The number of methoxy groups -OCH3 is 1. The number of aromatic hydroxyl groups is 1. The van der Waals surface area contributed by atoms with E-state index in [-0.39, 0.29) is 17.1 Å². The van der Waals surface area contributed by atoms with Gasteiger partial charge in [-0.3, -0.25) is 0 Å². The molecule has 2 aromatic carbocycles. The summed E-state index contributed by atoms with van der Waals surface area (Å²) in [7, 11) is 1.16. The highest BCUT2D eigenvalue weighted by atomic mass is 16.7. The highest BCUT2D eigenvalue weighted by Gasteiger charge is 2.45. The summed E-state index contributed by atoms with van der Waals surface area (Å²) in [5.74, 6) is -1.01. The molecule has 1 heterocycles. The molecule has 146 valence electrons. The van der Waals surface area contributed by atoms with Gasteiger partial charge in [0.05, 0.1) is 13.7 Å². The fourth-order valence-electron chi connectivity index (χ4n) is 2.98. The van der Waals surface area contributed by atoms with Gasteiger partial charge in [0.2, 0.25) is 6.29 Å². The Kier molecular flexibility index (Phi) is 5.49. The van der Waals surface area contributed by atoms with Crippen LogP contribution in [0.25, 0.3) is 10.8 Å². The third-order valence-corrected chi connectivity index (χ3v) is 4.48. The number of hydrogen-bond acceptors (Lipinski definition) is 9. The molecule has 0 amide bonds. The summed E-state index contributed by atoms with van der Waals surface area (Å²) < 4.78 is 15.6. The monoisotopic (exact) mass is 380 g/mol. The van der Waals surface area contributed by atoms with Gasteiger partial charge in [-0.15, -0.1) is 0 Å². The van der Waals surface area contributed by atoms with Crippen molar-refractivity contribution in [2.45, 2.75) is 30.7 Å². The predicted octanol–water partition coefficient (Wildman–Crippen LogP) is -0.489. The maximum atomic E-state index is 12.0. The lowest BCUT2D eigenvalue weighted by molar-refractivity contribution is -0.277. The van der Waals surface area contributed by atoms with Gasteiger partial charge in [-0.25, -0.2) is 4.79 Å². The van der Waals surface area contributed by atoms with E-state index < -0.39 is 43.3 Å².